The molecule has 4 heteroatoms. The Morgan fingerprint density at radius 3 is 1.78 bits per heavy atom. The third-order valence-corrected chi connectivity index (χ3v) is 8.12. The summed E-state index contributed by atoms with van der Waals surface area (Å²) in [5.41, 5.74) is 4.81. The molecule has 0 aromatic rings. The van der Waals surface area contributed by atoms with Crippen molar-refractivity contribution in [2.75, 3.05) is 13.1 Å². The van der Waals surface area contributed by atoms with Gasteiger partial charge in [-0.1, -0.05) is 0 Å². The number of hydrogen-bond donors (Lipinski definition) is 0. The first-order valence-electron chi connectivity index (χ1n) is 8.83. The van der Waals surface area contributed by atoms with E-state index in [4.69, 9.17) is 0 Å². The minimum atomic E-state index is -0.0428. The van der Waals surface area contributed by atoms with Gasteiger partial charge in [0.1, 0.15) is 0 Å². The molecule has 0 bridgehead atoms. The molecule has 0 aliphatic heterocycles. The Labute approximate surface area is 166 Å². The largest absolute Gasteiger partial charge is 0.147 e. The van der Waals surface area contributed by atoms with E-state index in [9.17, 15) is 0 Å². The van der Waals surface area contributed by atoms with Crippen molar-refractivity contribution >= 4 is 24.8 Å². The molecule has 1 nitrogen and oxygen atoms in total. The van der Waals surface area contributed by atoms with Crippen LogP contribution in [0.25, 0.3) is 0 Å². The fourth-order valence-electron chi connectivity index (χ4n) is 3.13. The van der Waals surface area contributed by atoms with Crippen LogP contribution in [0.1, 0.15) is 74.1 Å². The van der Waals surface area contributed by atoms with Crippen molar-refractivity contribution in [2.24, 2.45) is 5.92 Å². The molecule has 0 N–H and O–H groups in total. The van der Waals surface area contributed by atoms with Crippen LogP contribution in [0.4, 0.5) is 0 Å². The van der Waals surface area contributed by atoms with Crippen LogP contribution in [-0.4, -0.2) is 22.3 Å². The van der Waals surface area contributed by atoms with E-state index in [-0.39, 0.29) is 44.0 Å². The second-order valence-corrected chi connectivity index (χ2v) is 9.23. The van der Waals surface area contributed by atoms with Gasteiger partial charge in [0.25, 0.3) is 0 Å². The van der Waals surface area contributed by atoms with Crippen LogP contribution in [0, 0.1) is 5.92 Å². The van der Waals surface area contributed by atoms with Crippen molar-refractivity contribution in [1.82, 2.24) is 4.90 Å². The molecular formula is C19H37Cl2NTi. The zero-order chi connectivity index (χ0) is 16.0. The third kappa shape index (κ3) is 7.24. The maximum absolute atomic E-state index is 2.78. The number of nitrogens with zero attached hydrogens (tertiary/aromatic N) is 1. The van der Waals surface area contributed by atoms with Gasteiger partial charge in [-0.3, -0.25) is 0 Å². The molecule has 2 unspecified atom stereocenters. The van der Waals surface area contributed by atoms with Crippen LogP contribution < -0.4 is 0 Å². The average Bonchev–Trinajstić information content (AvgIpc) is 2.65. The fourth-order valence-corrected chi connectivity index (χ4v) is 5.89. The van der Waals surface area contributed by atoms with Crippen LogP contribution in [0.5, 0.6) is 0 Å². The first-order chi connectivity index (χ1) is 9.93. The Morgan fingerprint density at radius 2 is 1.43 bits per heavy atom. The van der Waals surface area contributed by atoms with Gasteiger partial charge >= 0.3 is 142 Å². The average molecular weight is 398 g/mol. The fraction of sp³-hybridized carbons (Fsp3) is 0.789. The van der Waals surface area contributed by atoms with Crippen molar-refractivity contribution < 1.29 is 19.2 Å². The minimum Gasteiger partial charge on any atom is -0.147 e. The molecule has 136 valence electrons. The summed E-state index contributed by atoms with van der Waals surface area (Å²) in [5.74, 6) is 0.714. The van der Waals surface area contributed by atoms with Gasteiger partial charge in [0.15, 0.2) is 0 Å². The van der Waals surface area contributed by atoms with Crippen molar-refractivity contribution in [3.8, 4) is 0 Å². The van der Waals surface area contributed by atoms with E-state index in [1.54, 1.807) is 16.7 Å². The number of allylic oxidation sites excluding steroid dienone is 4. The molecule has 23 heavy (non-hydrogen) atoms. The Morgan fingerprint density at radius 1 is 0.957 bits per heavy atom. The number of hydrogen-bond acceptors (Lipinski definition) is 1. The SMILES string of the molecule is CCCCN(CCCC)[CH](C)[Ti][C]1=C(C)C(C)=C(C)C1C.Cl.Cl. The molecule has 0 saturated heterocycles. The Bertz CT molecular complexity index is 396. The number of rotatable bonds is 9. The minimum absolute atomic E-state index is 0. The van der Waals surface area contributed by atoms with Crippen molar-refractivity contribution in [3.63, 3.8) is 0 Å². The summed E-state index contributed by atoms with van der Waals surface area (Å²) in [6, 6.07) is 0. The molecule has 0 aromatic carbocycles. The molecule has 0 spiro atoms. The zero-order valence-electron chi connectivity index (χ0n) is 16.2. The van der Waals surface area contributed by atoms with Gasteiger partial charge in [0, 0.05) is 0 Å². The maximum Gasteiger partial charge on any atom is -0.147 e. The predicted octanol–water partition coefficient (Wildman–Crippen LogP) is 6.42. The zero-order valence-corrected chi connectivity index (χ0v) is 19.4. The normalized spacial score (nSPS) is 18.9. The first-order valence-corrected chi connectivity index (χ1v) is 10.5. The summed E-state index contributed by atoms with van der Waals surface area (Å²) < 4.78 is 2.62. The van der Waals surface area contributed by atoms with Gasteiger partial charge in [-0.25, -0.2) is 0 Å². The first kappa shape index (κ1) is 26.0. The van der Waals surface area contributed by atoms with Crippen LogP contribution in [0.2, 0.25) is 0 Å². The second kappa shape index (κ2) is 13.0. The monoisotopic (exact) mass is 397 g/mol. The Kier molecular flexibility index (Phi) is 14.7. The summed E-state index contributed by atoms with van der Waals surface area (Å²) in [6.07, 6.45) is 5.33. The molecule has 0 heterocycles. The Balaban J connectivity index is 0. The van der Waals surface area contributed by atoms with Crippen LogP contribution in [0.15, 0.2) is 20.6 Å². The number of halogens is 2. The molecule has 0 saturated carbocycles. The van der Waals surface area contributed by atoms with Crippen LogP contribution >= 0.6 is 24.8 Å². The molecule has 0 aromatic heterocycles. The van der Waals surface area contributed by atoms with E-state index in [1.165, 1.54) is 38.8 Å². The summed E-state index contributed by atoms with van der Waals surface area (Å²) in [4.78, 5) is 2.78. The maximum atomic E-state index is 2.78. The van der Waals surface area contributed by atoms with Crippen molar-refractivity contribution in [3.05, 3.63) is 20.6 Å². The van der Waals surface area contributed by atoms with Crippen LogP contribution in [0.3, 0.4) is 0 Å². The summed E-state index contributed by atoms with van der Waals surface area (Å²) in [6.45, 7) is 19.1. The van der Waals surface area contributed by atoms with E-state index >= 15 is 0 Å². The van der Waals surface area contributed by atoms with Crippen LogP contribution in [-0.2, 0) is 19.2 Å². The molecule has 0 radical (unpaired) electrons. The topological polar surface area (TPSA) is 3.24 Å². The van der Waals surface area contributed by atoms with Crippen molar-refractivity contribution in [1.29, 1.82) is 0 Å². The molecule has 0 fully saturated rings. The quantitative estimate of drug-likeness (QED) is 0.405. The predicted molar refractivity (Wildman–Crippen MR) is 106 cm³/mol. The molecular weight excluding hydrogens is 361 g/mol. The van der Waals surface area contributed by atoms with Gasteiger partial charge in [0.2, 0.25) is 0 Å². The summed E-state index contributed by atoms with van der Waals surface area (Å²) >= 11 is -0.0428. The number of unbranched alkanes of at least 4 members (excludes halogenated alkanes) is 2. The molecule has 1 aliphatic rings. The summed E-state index contributed by atoms with van der Waals surface area (Å²) in [7, 11) is 0. The standard InChI is InChI=1S/C10H22N.C9H13.2ClH.Ti/c1-4-7-9-11(6-3)10-8-5-2;1-6-5-7(2)9(4)8(6)3;;;/h6H,4-5,7-10H2,1-3H3;6H,1-4H3;2*1H;. The van der Waals surface area contributed by atoms with Gasteiger partial charge in [0.05, 0.1) is 0 Å². The molecule has 1 aliphatic carbocycles. The molecule has 0 amide bonds. The smallest absolute Gasteiger partial charge is 0.147 e. The van der Waals surface area contributed by atoms with Gasteiger partial charge in [-0.05, 0) is 0 Å². The van der Waals surface area contributed by atoms with E-state index < -0.39 is 0 Å². The second-order valence-electron chi connectivity index (χ2n) is 6.63. The van der Waals surface area contributed by atoms with E-state index in [2.05, 4.69) is 53.4 Å². The summed E-state index contributed by atoms with van der Waals surface area (Å²) in [5, 5.41) is 0. The van der Waals surface area contributed by atoms with Crippen molar-refractivity contribution in [2.45, 2.75) is 78.5 Å². The van der Waals surface area contributed by atoms with E-state index in [1.807, 2.05) is 3.88 Å². The third-order valence-electron chi connectivity index (χ3n) is 5.15. The van der Waals surface area contributed by atoms with E-state index in [0.717, 1.165) is 4.35 Å². The van der Waals surface area contributed by atoms with E-state index in [0.29, 0.717) is 5.92 Å². The Hall–Kier alpha value is 0.734. The molecule has 2 atom stereocenters. The molecule has 1 rings (SSSR count). The van der Waals surface area contributed by atoms with Gasteiger partial charge < -0.3 is 0 Å². The van der Waals surface area contributed by atoms with Gasteiger partial charge in [-0.2, -0.15) is 0 Å². The van der Waals surface area contributed by atoms with Gasteiger partial charge in [-0.15, -0.1) is 24.8 Å².